The van der Waals surface area contributed by atoms with Gasteiger partial charge in [-0.15, -0.1) is 24.8 Å². The van der Waals surface area contributed by atoms with E-state index in [2.05, 4.69) is 139 Å². The van der Waals surface area contributed by atoms with Crippen molar-refractivity contribution in [3.8, 4) is 11.1 Å². The molecule has 0 unspecified atom stereocenters. The third kappa shape index (κ3) is 5.41. The molecule has 0 aromatic heterocycles. The van der Waals surface area contributed by atoms with E-state index >= 15 is 0 Å². The van der Waals surface area contributed by atoms with Crippen molar-refractivity contribution in [2.45, 2.75) is 72.1 Å². The zero-order chi connectivity index (χ0) is 30.1. The summed E-state index contributed by atoms with van der Waals surface area (Å²) in [6.07, 6.45) is 8.79. The molecule has 0 heterocycles. The van der Waals surface area contributed by atoms with Gasteiger partial charge < -0.3 is 0 Å². The molecule has 0 atom stereocenters. The SMILES string of the molecule is Cl.Cl.[CH2]=[Zr]([C]1=CC=CC1)([c]1ccc(C)cc1)([c]1cccc(Cl)c1)[c]1cc(C(C)(C)C)cc2c1Cc1ccc(C(C)(C)C)cc1-2. The van der Waals surface area contributed by atoms with Crippen LogP contribution in [0.3, 0.4) is 0 Å². The molecule has 0 radical (unpaired) electrons. The predicted molar refractivity (Wildman–Crippen MR) is 197 cm³/mol. The van der Waals surface area contributed by atoms with E-state index in [0.29, 0.717) is 0 Å². The van der Waals surface area contributed by atoms with E-state index in [1.165, 1.54) is 52.0 Å². The van der Waals surface area contributed by atoms with E-state index in [9.17, 15) is 0 Å². The molecule has 0 bridgehead atoms. The van der Waals surface area contributed by atoms with Gasteiger partial charge in [0.25, 0.3) is 0 Å². The van der Waals surface area contributed by atoms with Gasteiger partial charge in [0, 0.05) is 0 Å². The van der Waals surface area contributed by atoms with Gasteiger partial charge in [0.2, 0.25) is 0 Å². The van der Waals surface area contributed by atoms with Crippen LogP contribution < -0.4 is 9.81 Å². The zero-order valence-corrected chi connectivity index (χ0v) is 31.9. The van der Waals surface area contributed by atoms with Crippen LogP contribution in [0.15, 0.2) is 100 Å². The number of rotatable bonds is 4. The summed E-state index contributed by atoms with van der Waals surface area (Å²) in [6.45, 7) is 16.1. The minimum atomic E-state index is -4.82. The van der Waals surface area contributed by atoms with E-state index in [1.807, 2.05) is 6.07 Å². The van der Waals surface area contributed by atoms with Crippen molar-refractivity contribution >= 4 is 50.4 Å². The fraction of sp³-hybridized carbons (Fsp3) is 0.275. The molecule has 0 saturated heterocycles. The first kappa shape index (κ1) is 34.8. The molecule has 0 nitrogen and oxygen atoms in total. The molecule has 0 N–H and O–H groups in total. The van der Waals surface area contributed by atoms with Gasteiger partial charge in [0.15, 0.2) is 0 Å². The van der Waals surface area contributed by atoms with Crippen molar-refractivity contribution in [2.75, 3.05) is 0 Å². The number of benzene rings is 4. The molecule has 0 saturated carbocycles. The summed E-state index contributed by atoms with van der Waals surface area (Å²) >= 11 is 2.03. The molecule has 230 valence electrons. The van der Waals surface area contributed by atoms with Crippen LogP contribution in [0.2, 0.25) is 5.02 Å². The van der Waals surface area contributed by atoms with Gasteiger partial charge in [0.1, 0.15) is 0 Å². The van der Waals surface area contributed by atoms with E-state index in [-0.39, 0.29) is 35.6 Å². The van der Waals surface area contributed by atoms with E-state index in [0.717, 1.165) is 17.9 Å². The van der Waals surface area contributed by atoms with Gasteiger partial charge in [-0.3, -0.25) is 0 Å². The van der Waals surface area contributed by atoms with Gasteiger partial charge in [-0.1, -0.05) is 0 Å². The molecule has 4 aromatic carbocycles. The number of allylic oxidation sites excluding steroid dienone is 4. The molecular formula is C40H45Cl3Zr. The average Bonchev–Trinajstić information content (AvgIpc) is 3.60. The second kappa shape index (κ2) is 12.0. The van der Waals surface area contributed by atoms with Crippen molar-refractivity contribution in [2.24, 2.45) is 0 Å². The summed E-state index contributed by atoms with van der Waals surface area (Å²) in [6, 6.07) is 30.2. The fourth-order valence-electron chi connectivity index (χ4n) is 7.30. The van der Waals surface area contributed by atoms with Crippen molar-refractivity contribution < 1.29 is 18.3 Å². The fourth-order valence-corrected chi connectivity index (χ4v) is 23.1. The first-order chi connectivity index (χ1) is 19.7. The number of hydrogen-bond acceptors (Lipinski definition) is 0. The summed E-state index contributed by atoms with van der Waals surface area (Å²) in [5, 5.41) is 0.775. The quantitative estimate of drug-likeness (QED) is 0.173. The van der Waals surface area contributed by atoms with Crippen LogP contribution in [0.1, 0.15) is 75.8 Å². The molecule has 0 fully saturated rings. The van der Waals surface area contributed by atoms with Gasteiger partial charge in [0.05, 0.1) is 0 Å². The summed E-state index contributed by atoms with van der Waals surface area (Å²) < 4.78 is 11.2. The van der Waals surface area contributed by atoms with Crippen LogP contribution in [0.5, 0.6) is 0 Å². The minimum absolute atomic E-state index is 0. The molecule has 2 aliphatic rings. The summed E-state index contributed by atoms with van der Waals surface area (Å²) in [4.78, 5) is 0. The Morgan fingerprint density at radius 1 is 0.727 bits per heavy atom. The zero-order valence-electron chi connectivity index (χ0n) is 27.1. The molecule has 0 aliphatic heterocycles. The van der Waals surface area contributed by atoms with Crippen LogP contribution in [0, 0.1) is 6.92 Å². The number of aryl methyl sites for hydroxylation is 1. The van der Waals surface area contributed by atoms with E-state index < -0.39 is 18.3 Å². The average molecular weight is 723 g/mol. The summed E-state index contributed by atoms with van der Waals surface area (Å²) in [5.74, 6) is 0. The third-order valence-electron chi connectivity index (χ3n) is 9.97. The van der Waals surface area contributed by atoms with E-state index in [4.69, 9.17) is 15.8 Å². The summed E-state index contributed by atoms with van der Waals surface area (Å²) in [5.41, 5.74) is 9.74. The predicted octanol–water partition coefficient (Wildman–Crippen LogP) is 9.90. The molecule has 44 heavy (non-hydrogen) atoms. The number of fused-ring (bicyclic) bond motifs is 3. The Bertz CT molecular complexity index is 1860. The maximum absolute atomic E-state index is 6.84. The molecule has 0 spiro atoms. The molecule has 4 heteroatoms. The van der Waals surface area contributed by atoms with E-state index in [1.54, 1.807) is 0 Å². The number of hydrogen-bond donors (Lipinski definition) is 0. The van der Waals surface area contributed by atoms with Crippen LogP contribution in [-0.2, 0) is 35.5 Å². The third-order valence-corrected chi connectivity index (χ3v) is 26.5. The molecule has 0 amide bonds. The molecular weight excluding hydrogens is 678 g/mol. The Hall–Kier alpha value is -2.02. The maximum atomic E-state index is 6.84. The second-order valence-corrected chi connectivity index (χ2v) is 28.1. The molecule has 2 aliphatic carbocycles. The Labute approximate surface area is 283 Å². The van der Waals surface area contributed by atoms with Gasteiger partial charge in [-0.05, 0) is 0 Å². The first-order valence-electron chi connectivity index (χ1n) is 15.3. The van der Waals surface area contributed by atoms with Gasteiger partial charge in [-0.25, -0.2) is 0 Å². The Morgan fingerprint density at radius 2 is 1.39 bits per heavy atom. The Balaban J connectivity index is 0.00000221. The standard InChI is InChI=1S/C21H25.C7H7.C6H4Cl.C5H5.CH2.2ClH.Zr/c1-20(2,3)16-9-7-14-11-15-8-10-17(21(4,5)6)13-19(15)18(14)12-16;1-7-5-3-2-4-6-7;7-6-4-2-1-3-5-6;1-2-4-5-3-1;;;;/h7,9-10,12-13H,11H2,1-6H3;3-6H,1H3;1-2,4-5H;1-3H,4H2;1H2;2*1H;. The van der Waals surface area contributed by atoms with Crippen molar-refractivity contribution in [1.29, 1.82) is 0 Å². The summed E-state index contributed by atoms with van der Waals surface area (Å²) in [7, 11) is 0. The normalized spacial score (nSPS) is 14.3. The Morgan fingerprint density at radius 3 is 1.98 bits per heavy atom. The second-order valence-electron chi connectivity index (χ2n) is 14.8. The number of halogens is 3. The van der Waals surface area contributed by atoms with Crippen molar-refractivity contribution in [3.63, 3.8) is 0 Å². The molecule has 4 aromatic rings. The molecule has 6 rings (SSSR count). The van der Waals surface area contributed by atoms with Gasteiger partial charge >= 0.3 is 260 Å². The van der Waals surface area contributed by atoms with Crippen molar-refractivity contribution in [1.82, 2.24) is 0 Å². The first-order valence-corrected chi connectivity index (χ1v) is 22.3. The van der Waals surface area contributed by atoms with Crippen LogP contribution >= 0.6 is 36.4 Å². The monoisotopic (exact) mass is 720 g/mol. The van der Waals surface area contributed by atoms with Crippen molar-refractivity contribution in [3.05, 3.63) is 133 Å². The van der Waals surface area contributed by atoms with Gasteiger partial charge in [-0.2, -0.15) is 0 Å². The Kier molecular flexibility index (Phi) is 9.48. The van der Waals surface area contributed by atoms with Crippen LogP contribution in [-0.4, -0.2) is 4.21 Å². The topological polar surface area (TPSA) is 0 Å². The van der Waals surface area contributed by atoms with Crippen LogP contribution in [0.25, 0.3) is 11.1 Å². The van der Waals surface area contributed by atoms with Crippen LogP contribution in [0.4, 0.5) is 0 Å².